The van der Waals surface area contributed by atoms with E-state index in [0.29, 0.717) is 13.1 Å². The lowest BCUT2D eigenvalue weighted by Gasteiger charge is -2.25. The summed E-state index contributed by atoms with van der Waals surface area (Å²) in [6.07, 6.45) is 7.25. The second kappa shape index (κ2) is 11.3. The number of nitrogens with two attached hydrogens (primary N) is 1. The molecule has 4 rings (SSSR count). The number of carbonyl (C=O) groups excluding carboxylic acids is 1. The first-order valence-corrected chi connectivity index (χ1v) is 13.1. The van der Waals surface area contributed by atoms with E-state index in [2.05, 4.69) is 50.8 Å². The molecule has 3 aromatic rings. The van der Waals surface area contributed by atoms with Crippen LogP contribution in [0.25, 0.3) is 10.9 Å². The van der Waals surface area contributed by atoms with Crippen LogP contribution in [0.1, 0.15) is 48.9 Å². The lowest BCUT2D eigenvalue weighted by Crippen LogP contribution is -2.24. The molecule has 0 radical (unpaired) electrons. The molecule has 1 aliphatic rings. The number of benzene rings is 2. The maximum Gasteiger partial charge on any atom is 0.247 e. The van der Waals surface area contributed by atoms with Gasteiger partial charge in [-0.2, -0.15) is 0 Å². The first kappa shape index (κ1) is 25.3. The Bertz CT molecular complexity index is 1210. The number of nitrogens with zero attached hydrogens (tertiary/aromatic N) is 2. The van der Waals surface area contributed by atoms with Gasteiger partial charge in [-0.3, -0.25) is 4.79 Å². The zero-order chi connectivity index (χ0) is 24.9. The van der Waals surface area contributed by atoms with E-state index in [-0.39, 0.29) is 11.9 Å². The van der Waals surface area contributed by atoms with Gasteiger partial charge in [-0.15, -0.1) is 0 Å². The van der Waals surface area contributed by atoms with E-state index in [1.807, 2.05) is 37.9 Å². The van der Waals surface area contributed by atoms with E-state index < -0.39 is 0 Å². The molecule has 1 fully saturated rings. The Hall–Kier alpha value is -2.81. The standard InChI is InChI=1S/C27H36N6OS/c1-18-13-21(16-29)25(30-10-9-28)15-24(18)31-27(34)20(3)33-17-19(2)23-14-22(7-8-26(23)33)35-32-11-5-4-6-12-32/h7-8,13-17,20,29-30H,4-6,9-12,28H2,1-3H3,(H,31,34). The molecule has 1 aromatic heterocycles. The average molecular weight is 493 g/mol. The Balaban J connectivity index is 1.54. The minimum atomic E-state index is -0.380. The normalized spacial score (nSPS) is 15.2. The minimum Gasteiger partial charge on any atom is -0.383 e. The van der Waals surface area contributed by atoms with Crippen LogP contribution in [-0.2, 0) is 4.79 Å². The van der Waals surface area contributed by atoms with Crippen LogP contribution in [0, 0.1) is 19.3 Å². The lowest BCUT2D eigenvalue weighted by atomic mass is 10.1. The van der Waals surface area contributed by atoms with Crippen molar-refractivity contribution in [2.75, 3.05) is 36.8 Å². The second-order valence-electron chi connectivity index (χ2n) is 9.26. The van der Waals surface area contributed by atoms with Gasteiger partial charge < -0.3 is 26.3 Å². The molecule has 1 atom stereocenters. The van der Waals surface area contributed by atoms with Gasteiger partial charge in [0.25, 0.3) is 0 Å². The van der Waals surface area contributed by atoms with Crippen molar-refractivity contribution in [2.45, 2.75) is 51.0 Å². The quantitative estimate of drug-likeness (QED) is 0.239. The Morgan fingerprint density at radius 3 is 2.63 bits per heavy atom. The highest BCUT2D eigenvalue weighted by Crippen LogP contribution is 2.32. The third kappa shape index (κ3) is 5.72. The Labute approximate surface area is 212 Å². The Morgan fingerprint density at radius 2 is 1.91 bits per heavy atom. The summed E-state index contributed by atoms with van der Waals surface area (Å²) >= 11 is 1.84. The number of aryl methyl sites for hydroxylation is 2. The van der Waals surface area contributed by atoms with Gasteiger partial charge in [0, 0.05) is 71.3 Å². The van der Waals surface area contributed by atoms with Gasteiger partial charge in [-0.1, -0.05) is 6.42 Å². The van der Waals surface area contributed by atoms with E-state index in [1.54, 1.807) is 0 Å². The van der Waals surface area contributed by atoms with E-state index in [4.69, 9.17) is 11.1 Å². The van der Waals surface area contributed by atoms with Crippen LogP contribution >= 0.6 is 11.9 Å². The zero-order valence-electron chi connectivity index (χ0n) is 20.9. The van der Waals surface area contributed by atoms with Crippen molar-refractivity contribution in [3.63, 3.8) is 0 Å². The van der Waals surface area contributed by atoms with E-state index >= 15 is 0 Å². The number of amides is 1. The van der Waals surface area contributed by atoms with Crippen molar-refractivity contribution >= 4 is 46.3 Å². The number of anilines is 2. The van der Waals surface area contributed by atoms with Crippen molar-refractivity contribution < 1.29 is 4.79 Å². The molecule has 1 aliphatic heterocycles. The fourth-order valence-corrected chi connectivity index (χ4v) is 5.63. The molecule has 186 valence electrons. The van der Waals surface area contributed by atoms with Crippen LogP contribution in [0.4, 0.5) is 11.4 Å². The molecular weight excluding hydrogens is 456 g/mol. The molecule has 0 saturated carbocycles. The van der Waals surface area contributed by atoms with Gasteiger partial charge in [0.15, 0.2) is 0 Å². The highest BCUT2D eigenvalue weighted by Gasteiger charge is 2.20. The van der Waals surface area contributed by atoms with Gasteiger partial charge in [0.1, 0.15) is 6.04 Å². The largest absolute Gasteiger partial charge is 0.383 e. The molecule has 5 N–H and O–H groups in total. The first-order chi connectivity index (χ1) is 16.9. The fourth-order valence-electron chi connectivity index (χ4n) is 4.59. The second-order valence-corrected chi connectivity index (χ2v) is 10.4. The predicted octanol–water partition coefficient (Wildman–Crippen LogP) is 5.32. The summed E-state index contributed by atoms with van der Waals surface area (Å²) in [5.74, 6) is -0.0795. The molecule has 0 bridgehead atoms. The number of fused-ring (bicyclic) bond motifs is 1. The van der Waals surface area contributed by atoms with Gasteiger partial charge >= 0.3 is 0 Å². The SMILES string of the molecule is Cc1cc(C=N)c(NCCN)cc1NC(=O)C(C)n1cc(C)c2cc(SN3CCCCC3)ccc21. The predicted molar refractivity (Wildman–Crippen MR) is 148 cm³/mol. The summed E-state index contributed by atoms with van der Waals surface area (Å²) in [6, 6.07) is 9.96. The van der Waals surface area contributed by atoms with Crippen molar-refractivity contribution in [3.8, 4) is 0 Å². The number of carbonyl (C=O) groups is 1. The van der Waals surface area contributed by atoms with Crippen LogP contribution < -0.4 is 16.4 Å². The van der Waals surface area contributed by atoms with E-state index in [9.17, 15) is 4.79 Å². The van der Waals surface area contributed by atoms with E-state index in [1.165, 1.54) is 41.3 Å². The Kier molecular flexibility index (Phi) is 8.15. The number of piperidine rings is 1. The summed E-state index contributed by atoms with van der Waals surface area (Å²) in [6.45, 7) is 9.35. The van der Waals surface area contributed by atoms with Crippen LogP contribution in [0.2, 0.25) is 0 Å². The topological polar surface area (TPSA) is 99.2 Å². The third-order valence-electron chi connectivity index (χ3n) is 6.62. The number of hydrogen-bond donors (Lipinski definition) is 4. The van der Waals surface area contributed by atoms with Crippen molar-refractivity contribution in [2.24, 2.45) is 5.73 Å². The van der Waals surface area contributed by atoms with Crippen LogP contribution in [0.5, 0.6) is 0 Å². The maximum absolute atomic E-state index is 13.3. The molecule has 1 unspecified atom stereocenters. The van der Waals surface area contributed by atoms with Crippen molar-refractivity contribution in [1.29, 1.82) is 5.41 Å². The maximum atomic E-state index is 13.3. The van der Waals surface area contributed by atoms with Gasteiger partial charge in [0.2, 0.25) is 5.91 Å². The zero-order valence-corrected chi connectivity index (χ0v) is 21.7. The number of nitrogens with one attached hydrogen (secondary N) is 3. The Morgan fingerprint density at radius 1 is 1.14 bits per heavy atom. The van der Waals surface area contributed by atoms with Gasteiger partial charge in [-0.05, 0) is 87.0 Å². The van der Waals surface area contributed by atoms with E-state index in [0.717, 1.165) is 41.1 Å². The molecule has 8 heteroatoms. The van der Waals surface area contributed by atoms with Gasteiger partial charge in [-0.25, -0.2) is 4.31 Å². The summed E-state index contributed by atoms with van der Waals surface area (Å²) in [4.78, 5) is 14.5. The average Bonchev–Trinajstić information content (AvgIpc) is 3.19. The molecule has 2 heterocycles. The van der Waals surface area contributed by atoms with Crippen molar-refractivity contribution in [3.05, 3.63) is 53.2 Å². The summed E-state index contributed by atoms with van der Waals surface area (Å²) < 4.78 is 4.51. The highest BCUT2D eigenvalue weighted by molar-refractivity contribution is 7.97. The minimum absolute atomic E-state index is 0.0795. The lowest BCUT2D eigenvalue weighted by molar-refractivity contribution is -0.118. The number of rotatable bonds is 9. The molecule has 0 aliphatic carbocycles. The molecule has 7 nitrogen and oxygen atoms in total. The summed E-state index contributed by atoms with van der Waals surface area (Å²) in [5, 5.41) is 15.2. The number of aromatic nitrogens is 1. The first-order valence-electron chi connectivity index (χ1n) is 12.3. The van der Waals surface area contributed by atoms with Gasteiger partial charge in [0.05, 0.1) is 0 Å². The molecule has 2 aromatic carbocycles. The number of hydrogen-bond acceptors (Lipinski definition) is 6. The molecule has 1 amide bonds. The van der Waals surface area contributed by atoms with Crippen LogP contribution in [0.3, 0.4) is 0 Å². The molecular formula is C27H36N6OS. The van der Waals surface area contributed by atoms with Crippen molar-refractivity contribution in [1.82, 2.24) is 8.87 Å². The smallest absolute Gasteiger partial charge is 0.247 e. The molecule has 0 spiro atoms. The summed E-state index contributed by atoms with van der Waals surface area (Å²) in [5.41, 5.74) is 11.1. The van der Waals surface area contributed by atoms with Crippen LogP contribution in [0.15, 0.2) is 41.4 Å². The highest BCUT2D eigenvalue weighted by atomic mass is 32.2. The summed E-state index contributed by atoms with van der Waals surface area (Å²) in [7, 11) is 0. The van der Waals surface area contributed by atoms with Crippen LogP contribution in [-0.4, -0.2) is 47.2 Å². The molecule has 1 saturated heterocycles. The molecule has 35 heavy (non-hydrogen) atoms. The monoisotopic (exact) mass is 492 g/mol. The third-order valence-corrected chi connectivity index (χ3v) is 7.71. The fraction of sp³-hybridized carbons (Fsp3) is 0.407.